The molecule has 0 aromatic heterocycles. The third-order valence-corrected chi connectivity index (χ3v) is 9.18. The Kier molecular flexibility index (Phi) is 8.29. The van der Waals surface area contributed by atoms with E-state index in [0.29, 0.717) is 43.3 Å². The van der Waals surface area contributed by atoms with Crippen LogP contribution in [-0.2, 0) is 16.4 Å². The number of aryl methyl sites for hydroxylation is 1. The second kappa shape index (κ2) is 11.9. The van der Waals surface area contributed by atoms with E-state index in [1.165, 1.54) is 12.1 Å². The number of piperidine rings is 1. The summed E-state index contributed by atoms with van der Waals surface area (Å²) in [5, 5.41) is 14.8. The van der Waals surface area contributed by atoms with E-state index in [2.05, 4.69) is 11.0 Å². The van der Waals surface area contributed by atoms with Gasteiger partial charge >= 0.3 is 0 Å². The number of nitriles is 1. The van der Waals surface area contributed by atoms with E-state index >= 15 is 4.39 Å². The number of nitrogens with zero attached hydrogens (tertiary/aromatic N) is 4. The van der Waals surface area contributed by atoms with E-state index in [4.69, 9.17) is 5.14 Å². The maximum absolute atomic E-state index is 15.1. The first-order valence-electron chi connectivity index (χ1n) is 13.8. The van der Waals surface area contributed by atoms with Gasteiger partial charge in [0.1, 0.15) is 16.8 Å². The number of carbonyl (C=O) groups excluding carboxylic acids is 1. The number of rotatable bonds is 6. The molecule has 2 saturated heterocycles. The summed E-state index contributed by atoms with van der Waals surface area (Å²) in [7, 11) is -3.89. The highest BCUT2D eigenvalue weighted by Crippen LogP contribution is 2.30. The fourth-order valence-corrected chi connectivity index (χ4v) is 6.67. The van der Waals surface area contributed by atoms with Crippen molar-refractivity contribution in [3.8, 4) is 6.07 Å². The van der Waals surface area contributed by atoms with Gasteiger partial charge in [-0.1, -0.05) is 24.3 Å². The van der Waals surface area contributed by atoms with Crippen molar-refractivity contribution in [1.82, 2.24) is 4.90 Å². The molecule has 0 unspecified atom stereocenters. The Balaban J connectivity index is 1.24. The average molecular weight is 576 g/mol. The maximum Gasteiger partial charge on any atom is 0.256 e. The minimum absolute atomic E-state index is 0.0501. The van der Waals surface area contributed by atoms with Gasteiger partial charge in [-0.05, 0) is 79.6 Å². The molecule has 2 N–H and O–H groups in total. The molecule has 3 aromatic carbocycles. The Morgan fingerprint density at radius 2 is 1.56 bits per heavy atom. The van der Waals surface area contributed by atoms with Crippen LogP contribution in [0.25, 0.3) is 0 Å². The van der Waals surface area contributed by atoms with Gasteiger partial charge in [-0.15, -0.1) is 0 Å². The summed E-state index contributed by atoms with van der Waals surface area (Å²) in [4.78, 5) is 19.2. The van der Waals surface area contributed by atoms with Crippen LogP contribution in [0, 0.1) is 30.0 Å². The fraction of sp³-hybridized carbons (Fsp3) is 0.355. The molecule has 3 aromatic rings. The van der Waals surface area contributed by atoms with Crippen molar-refractivity contribution in [3.05, 3.63) is 88.7 Å². The molecular formula is C31H34FN5O3S. The predicted octanol–water partition coefficient (Wildman–Crippen LogP) is 4.07. The summed E-state index contributed by atoms with van der Waals surface area (Å²) in [6, 6.07) is 19.6. The number of hydrogen-bond acceptors (Lipinski definition) is 6. The molecule has 0 radical (unpaired) electrons. The number of benzene rings is 3. The summed E-state index contributed by atoms with van der Waals surface area (Å²) in [5.41, 5.74) is 4.04. The number of hydrogen-bond donors (Lipinski definition) is 1. The van der Waals surface area contributed by atoms with Crippen LogP contribution in [0.15, 0.2) is 65.6 Å². The summed E-state index contributed by atoms with van der Waals surface area (Å²) in [6.45, 7) is 5.06. The zero-order chi connectivity index (χ0) is 29.1. The molecule has 0 spiro atoms. The number of nitrogens with two attached hydrogens (primary N) is 1. The zero-order valence-electron chi connectivity index (χ0n) is 23.1. The first-order chi connectivity index (χ1) is 19.7. The average Bonchev–Trinajstić information content (AvgIpc) is 2.98. The van der Waals surface area contributed by atoms with E-state index in [1.807, 2.05) is 36.1 Å². The molecule has 214 valence electrons. The van der Waals surface area contributed by atoms with Crippen LogP contribution in [0.5, 0.6) is 0 Å². The van der Waals surface area contributed by atoms with Gasteiger partial charge in [0.25, 0.3) is 5.91 Å². The van der Waals surface area contributed by atoms with Crippen LogP contribution >= 0.6 is 0 Å². The second-order valence-corrected chi connectivity index (χ2v) is 12.3. The molecule has 0 aliphatic carbocycles. The van der Waals surface area contributed by atoms with Crippen molar-refractivity contribution >= 4 is 27.3 Å². The summed E-state index contributed by atoms with van der Waals surface area (Å²) >= 11 is 0. The van der Waals surface area contributed by atoms with Crippen molar-refractivity contribution in [2.75, 3.05) is 49.1 Å². The Morgan fingerprint density at radius 3 is 2.22 bits per heavy atom. The molecule has 5 rings (SSSR count). The second-order valence-electron chi connectivity index (χ2n) is 10.8. The number of amides is 1. The Bertz CT molecular complexity index is 1590. The standard InChI is InChI=1S/C31H34FN5O3S/c1-22-18-27(32)26(20-25(22)19-23-10-12-35(13-11-23)28-7-3-2-6-24(28)21-33)31(38)37-16-14-36(15-17-37)29-8-4-5-9-30(29)41(34,39)40/h2-9,18,20,23H,10-17,19H2,1H3,(H2,34,39,40). The van der Waals surface area contributed by atoms with Gasteiger partial charge in [-0.3, -0.25) is 4.79 Å². The number of para-hydroxylation sites is 2. The largest absolute Gasteiger partial charge is 0.370 e. The van der Waals surface area contributed by atoms with Gasteiger partial charge in [-0.25, -0.2) is 17.9 Å². The molecule has 0 atom stereocenters. The fourth-order valence-electron chi connectivity index (χ4n) is 5.91. The lowest BCUT2D eigenvalue weighted by atomic mass is 9.87. The van der Waals surface area contributed by atoms with Crippen LogP contribution in [0.4, 0.5) is 15.8 Å². The topological polar surface area (TPSA) is 111 Å². The number of primary sulfonamides is 1. The van der Waals surface area contributed by atoms with Gasteiger partial charge in [-0.2, -0.15) is 5.26 Å². The zero-order valence-corrected chi connectivity index (χ0v) is 23.9. The summed E-state index contributed by atoms with van der Waals surface area (Å²) < 4.78 is 39.1. The summed E-state index contributed by atoms with van der Waals surface area (Å²) in [6.07, 6.45) is 2.65. The lowest BCUT2D eigenvalue weighted by molar-refractivity contribution is 0.0741. The molecule has 2 fully saturated rings. The molecule has 41 heavy (non-hydrogen) atoms. The predicted molar refractivity (Wildman–Crippen MR) is 157 cm³/mol. The highest BCUT2D eigenvalue weighted by atomic mass is 32.2. The number of sulfonamides is 1. The van der Waals surface area contributed by atoms with Crippen LogP contribution in [0.3, 0.4) is 0 Å². The Morgan fingerprint density at radius 1 is 0.951 bits per heavy atom. The van der Waals surface area contributed by atoms with E-state index in [1.54, 1.807) is 29.2 Å². The first kappa shape index (κ1) is 28.6. The number of carbonyl (C=O) groups is 1. The van der Waals surface area contributed by atoms with Gasteiger partial charge in [0.05, 0.1) is 22.5 Å². The molecule has 2 aliphatic heterocycles. The van der Waals surface area contributed by atoms with Gasteiger partial charge in [0.15, 0.2) is 0 Å². The van der Waals surface area contributed by atoms with Crippen LogP contribution in [0.1, 0.15) is 39.9 Å². The van der Waals surface area contributed by atoms with Crippen molar-refractivity contribution in [2.45, 2.75) is 31.1 Å². The molecule has 0 saturated carbocycles. The third kappa shape index (κ3) is 6.21. The Labute approximate surface area is 240 Å². The smallest absolute Gasteiger partial charge is 0.256 e. The maximum atomic E-state index is 15.1. The highest BCUT2D eigenvalue weighted by Gasteiger charge is 2.28. The van der Waals surface area contributed by atoms with Gasteiger partial charge in [0, 0.05) is 39.3 Å². The monoisotopic (exact) mass is 575 g/mol. The quantitative estimate of drug-likeness (QED) is 0.474. The number of anilines is 2. The molecular weight excluding hydrogens is 541 g/mol. The minimum Gasteiger partial charge on any atom is -0.370 e. The molecule has 10 heteroatoms. The molecule has 1 amide bonds. The normalized spacial score (nSPS) is 16.5. The van der Waals surface area contributed by atoms with E-state index < -0.39 is 15.8 Å². The number of halogens is 1. The van der Waals surface area contributed by atoms with Crippen molar-refractivity contribution in [3.63, 3.8) is 0 Å². The first-order valence-corrected chi connectivity index (χ1v) is 15.4. The summed E-state index contributed by atoms with van der Waals surface area (Å²) in [5.74, 6) is -0.484. The SMILES string of the molecule is Cc1cc(F)c(C(=O)N2CCN(c3ccccc3S(N)(=O)=O)CC2)cc1CC1CCN(c2ccccc2C#N)CC1. The van der Waals surface area contributed by atoms with Crippen molar-refractivity contribution in [2.24, 2.45) is 11.1 Å². The lowest BCUT2D eigenvalue weighted by Crippen LogP contribution is -2.49. The van der Waals surface area contributed by atoms with E-state index in [9.17, 15) is 18.5 Å². The molecule has 2 heterocycles. The molecule has 2 aliphatic rings. The van der Waals surface area contributed by atoms with E-state index in [0.717, 1.165) is 49.2 Å². The lowest BCUT2D eigenvalue weighted by Gasteiger charge is -2.37. The molecule has 8 nitrogen and oxygen atoms in total. The highest BCUT2D eigenvalue weighted by molar-refractivity contribution is 7.89. The van der Waals surface area contributed by atoms with Gasteiger partial charge < -0.3 is 14.7 Å². The van der Waals surface area contributed by atoms with E-state index in [-0.39, 0.29) is 16.4 Å². The van der Waals surface area contributed by atoms with Crippen molar-refractivity contribution in [1.29, 1.82) is 5.26 Å². The van der Waals surface area contributed by atoms with Crippen LogP contribution < -0.4 is 14.9 Å². The van der Waals surface area contributed by atoms with Crippen LogP contribution in [0.2, 0.25) is 0 Å². The van der Waals surface area contributed by atoms with Crippen molar-refractivity contribution < 1.29 is 17.6 Å². The Hall–Kier alpha value is -3.94. The molecule has 0 bridgehead atoms. The van der Waals surface area contributed by atoms with Crippen LogP contribution in [-0.4, -0.2) is 58.5 Å². The number of piperazine rings is 1. The van der Waals surface area contributed by atoms with Gasteiger partial charge in [0.2, 0.25) is 10.0 Å². The minimum atomic E-state index is -3.89. The third-order valence-electron chi connectivity index (χ3n) is 8.22.